The zero-order chi connectivity index (χ0) is 17.0. The van der Waals surface area contributed by atoms with Gasteiger partial charge < -0.3 is 0 Å². The molecule has 2 aromatic carbocycles. The number of ketones is 1. The van der Waals surface area contributed by atoms with E-state index in [4.69, 9.17) is 0 Å². The molecule has 0 fully saturated rings. The second-order valence-corrected chi connectivity index (χ2v) is 8.63. The van der Waals surface area contributed by atoms with Gasteiger partial charge in [0.05, 0.1) is 10.6 Å². The van der Waals surface area contributed by atoms with Gasteiger partial charge in [-0.05, 0) is 58.0 Å². The summed E-state index contributed by atoms with van der Waals surface area (Å²) in [7, 11) is -3.23. The number of Topliss-reactive ketones (excluding diaryl/α,β-unsaturated/α-hetero) is 1. The first-order valence-electron chi connectivity index (χ1n) is 7.09. The van der Waals surface area contributed by atoms with Crippen molar-refractivity contribution < 1.29 is 17.6 Å². The number of hydrogen-bond donors (Lipinski definition) is 0. The standard InChI is InChI=1S/C17H16FIO3S/c1-2-23(21,22)15-6-3-12(4-7-15)9-14(20)10-13-5-8-17(19)16(18)11-13/h3-8,11H,2,9-10H2,1H3. The number of sulfone groups is 1. The summed E-state index contributed by atoms with van der Waals surface area (Å²) in [6.07, 6.45) is 0.350. The van der Waals surface area contributed by atoms with Crippen molar-refractivity contribution in [1.29, 1.82) is 0 Å². The van der Waals surface area contributed by atoms with Crippen molar-refractivity contribution in [3.05, 3.63) is 63.0 Å². The molecule has 2 rings (SSSR count). The normalized spacial score (nSPS) is 11.4. The maximum atomic E-state index is 13.5. The van der Waals surface area contributed by atoms with Gasteiger partial charge in [0.15, 0.2) is 9.84 Å². The molecule has 0 saturated carbocycles. The molecule has 3 nitrogen and oxygen atoms in total. The van der Waals surface area contributed by atoms with Gasteiger partial charge in [0.2, 0.25) is 0 Å². The molecule has 6 heteroatoms. The van der Waals surface area contributed by atoms with E-state index in [-0.39, 0.29) is 35.1 Å². The number of benzene rings is 2. The lowest BCUT2D eigenvalue weighted by Crippen LogP contribution is -2.08. The molecule has 23 heavy (non-hydrogen) atoms. The summed E-state index contributed by atoms with van der Waals surface area (Å²) >= 11 is 1.90. The minimum absolute atomic E-state index is 0.0447. The Bertz CT molecular complexity index is 814. The predicted molar refractivity (Wildman–Crippen MR) is 95.7 cm³/mol. The minimum Gasteiger partial charge on any atom is -0.299 e. The molecule has 0 radical (unpaired) electrons. The summed E-state index contributed by atoms with van der Waals surface area (Å²) in [5.74, 6) is -0.328. The van der Waals surface area contributed by atoms with Gasteiger partial charge in [-0.1, -0.05) is 25.1 Å². The van der Waals surface area contributed by atoms with E-state index in [0.29, 0.717) is 9.13 Å². The summed E-state index contributed by atoms with van der Waals surface area (Å²) < 4.78 is 37.5. The fourth-order valence-electron chi connectivity index (χ4n) is 2.15. The Morgan fingerprint density at radius 2 is 1.61 bits per heavy atom. The average molecular weight is 446 g/mol. The lowest BCUT2D eigenvalue weighted by Gasteiger charge is -2.05. The third-order valence-corrected chi connectivity index (χ3v) is 6.07. The molecule has 0 heterocycles. The topological polar surface area (TPSA) is 51.2 Å². The van der Waals surface area contributed by atoms with Gasteiger partial charge in [-0.2, -0.15) is 0 Å². The highest BCUT2D eigenvalue weighted by molar-refractivity contribution is 14.1. The highest BCUT2D eigenvalue weighted by atomic mass is 127. The molecular formula is C17H16FIO3S. The van der Waals surface area contributed by atoms with Gasteiger partial charge in [0.1, 0.15) is 11.6 Å². The number of hydrogen-bond acceptors (Lipinski definition) is 3. The van der Waals surface area contributed by atoms with Crippen LogP contribution < -0.4 is 0 Å². The van der Waals surface area contributed by atoms with Crippen LogP contribution in [0.3, 0.4) is 0 Å². The van der Waals surface area contributed by atoms with Crippen LogP contribution in [-0.2, 0) is 27.5 Å². The Morgan fingerprint density at radius 3 is 2.17 bits per heavy atom. The lowest BCUT2D eigenvalue weighted by molar-refractivity contribution is -0.117. The first kappa shape index (κ1) is 18.1. The molecule has 0 amide bonds. The molecule has 0 aliphatic rings. The molecule has 0 N–H and O–H groups in total. The largest absolute Gasteiger partial charge is 0.299 e. The van der Waals surface area contributed by atoms with Gasteiger partial charge in [-0.25, -0.2) is 12.8 Å². The zero-order valence-electron chi connectivity index (χ0n) is 12.6. The second-order valence-electron chi connectivity index (χ2n) is 5.19. The Hall–Kier alpha value is -1.28. The van der Waals surface area contributed by atoms with Crippen LogP contribution in [0.2, 0.25) is 0 Å². The second kappa shape index (κ2) is 7.53. The van der Waals surface area contributed by atoms with E-state index in [2.05, 4.69) is 0 Å². The molecule has 2 aromatic rings. The van der Waals surface area contributed by atoms with Crippen molar-refractivity contribution >= 4 is 38.2 Å². The molecule has 0 saturated heterocycles. The van der Waals surface area contributed by atoms with Gasteiger partial charge in [-0.15, -0.1) is 0 Å². The molecule has 0 spiro atoms. The smallest absolute Gasteiger partial charge is 0.178 e. The molecule has 0 aromatic heterocycles. The van der Waals surface area contributed by atoms with E-state index in [9.17, 15) is 17.6 Å². The third kappa shape index (κ3) is 4.84. The molecule has 122 valence electrons. The molecule has 0 aliphatic heterocycles. The van der Waals surface area contributed by atoms with Crippen LogP contribution >= 0.6 is 22.6 Å². The molecule has 0 bridgehead atoms. The van der Waals surface area contributed by atoms with Crippen LogP contribution in [0.25, 0.3) is 0 Å². The van der Waals surface area contributed by atoms with Crippen LogP contribution in [0, 0.1) is 9.39 Å². The van der Waals surface area contributed by atoms with Crippen molar-refractivity contribution in [1.82, 2.24) is 0 Å². The summed E-state index contributed by atoms with van der Waals surface area (Å²) in [6.45, 7) is 1.59. The Morgan fingerprint density at radius 1 is 1.04 bits per heavy atom. The van der Waals surface area contributed by atoms with Crippen LogP contribution in [-0.4, -0.2) is 20.0 Å². The Labute approximate surface area is 149 Å². The molecule has 0 aliphatic carbocycles. The fraction of sp³-hybridized carbons (Fsp3) is 0.235. The van der Waals surface area contributed by atoms with Crippen LogP contribution in [0.5, 0.6) is 0 Å². The average Bonchev–Trinajstić information content (AvgIpc) is 2.51. The number of halogens is 2. The van der Waals surface area contributed by atoms with Gasteiger partial charge in [0.25, 0.3) is 0 Å². The summed E-state index contributed by atoms with van der Waals surface area (Å²) in [5.41, 5.74) is 1.38. The van der Waals surface area contributed by atoms with Crippen molar-refractivity contribution in [2.24, 2.45) is 0 Å². The SMILES string of the molecule is CCS(=O)(=O)c1ccc(CC(=O)Cc2ccc(I)c(F)c2)cc1. The minimum atomic E-state index is -3.23. The molecule has 0 unspecified atom stereocenters. The van der Waals surface area contributed by atoms with Crippen molar-refractivity contribution in [2.75, 3.05) is 5.75 Å². The number of carbonyl (C=O) groups excluding carboxylic acids is 1. The van der Waals surface area contributed by atoms with E-state index in [0.717, 1.165) is 5.56 Å². The van der Waals surface area contributed by atoms with Crippen molar-refractivity contribution in [3.63, 3.8) is 0 Å². The quantitative estimate of drug-likeness (QED) is 0.638. The van der Waals surface area contributed by atoms with Crippen LogP contribution in [0.4, 0.5) is 4.39 Å². The first-order chi connectivity index (χ1) is 10.8. The molecule has 0 atom stereocenters. The summed E-state index contributed by atoms with van der Waals surface area (Å²) in [5, 5.41) is 0. The van der Waals surface area contributed by atoms with Crippen LogP contribution in [0.1, 0.15) is 18.1 Å². The van der Waals surface area contributed by atoms with Gasteiger partial charge >= 0.3 is 0 Å². The van der Waals surface area contributed by atoms with Crippen LogP contribution in [0.15, 0.2) is 47.4 Å². The van der Waals surface area contributed by atoms with Crippen molar-refractivity contribution in [3.8, 4) is 0 Å². The Balaban J connectivity index is 2.04. The highest BCUT2D eigenvalue weighted by Gasteiger charge is 2.12. The maximum absolute atomic E-state index is 13.5. The predicted octanol–water partition coefficient (Wildman–Crippen LogP) is 3.58. The van der Waals surface area contributed by atoms with E-state index >= 15 is 0 Å². The number of carbonyl (C=O) groups is 1. The highest BCUT2D eigenvalue weighted by Crippen LogP contribution is 2.15. The monoisotopic (exact) mass is 446 g/mol. The van der Waals surface area contributed by atoms with E-state index in [1.807, 2.05) is 22.6 Å². The first-order valence-corrected chi connectivity index (χ1v) is 9.82. The van der Waals surface area contributed by atoms with E-state index < -0.39 is 9.84 Å². The maximum Gasteiger partial charge on any atom is 0.178 e. The fourth-order valence-corrected chi connectivity index (χ4v) is 3.37. The van der Waals surface area contributed by atoms with E-state index in [1.165, 1.54) is 18.2 Å². The molecular weight excluding hydrogens is 430 g/mol. The van der Waals surface area contributed by atoms with Gasteiger partial charge in [-0.3, -0.25) is 4.79 Å². The third-order valence-electron chi connectivity index (χ3n) is 3.45. The lowest BCUT2D eigenvalue weighted by atomic mass is 10.0. The number of rotatable bonds is 6. The Kier molecular flexibility index (Phi) is 5.91. The van der Waals surface area contributed by atoms with E-state index in [1.54, 1.807) is 31.2 Å². The summed E-state index contributed by atoms with van der Waals surface area (Å²) in [4.78, 5) is 12.3. The summed E-state index contributed by atoms with van der Waals surface area (Å²) in [6, 6.07) is 11.1. The van der Waals surface area contributed by atoms with Crippen molar-refractivity contribution in [2.45, 2.75) is 24.7 Å². The van der Waals surface area contributed by atoms with Gasteiger partial charge in [0, 0.05) is 16.4 Å². The zero-order valence-corrected chi connectivity index (χ0v) is 15.5.